The van der Waals surface area contributed by atoms with Crippen LogP contribution in [0, 0.1) is 0 Å². The Hall–Kier alpha value is -1.61. The maximum Gasteiger partial charge on any atom is 0.250 e. The predicted molar refractivity (Wildman–Crippen MR) is 74.5 cm³/mol. The average Bonchev–Trinajstić information content (AvgIpc) is 2.49. The average molecular weight is 244 g/mol. The van der Waals surface area contributed by atoms with Crippen LogP contribution in [0.2, 0.25) is 0 Å². The molecule has 1 aromatic rings. The van der Waals surface area contributed by atoms with Gasteiger partial charge in [-0.25, -0.2) is 0 Å². The van der Waals surface area contributed by atoms with Gasteiger partial charge in [0.2, 0.25) is 0 Å². The molecular weight excluding hydrogens is 224 g/mol. The van der Waals surface area contributed by atoms with Crippen molar-refractivity contribution in [1.29, 1.82) is 0 Å². The molecule has 0 aromatic heterocycles. The van der Waals surface area contributed by atoms with Gasteiger partial charge >= 0.3 is 0 Å². The molecule has 1 aliphatic heterocycles. The van der Waals surface area contributed by atoms with Gasteiger partial charge in [0.05, 0.1) is 0 Å². The van der Waals surface area contributed by atoms with Crippen molar-refractivity contribution in [2.24, 2.45) is 0 Å². The van der Waals surface area contributed by atoms with E-state index in [0.717, 1.165) is 17.8 Å². The Labute approximate surface area is 108 Å². The van der Waals surface area contributed by atoms with E-state index in [2.05, 4.69) is 18.3 Å². The first kappa shape index (κ1) is 12.8. The number of nitrogens with one attached hydrogen (secondary N) is 1. The van der Waals surface area contributed by atoms with Crippen LogP contribution in [-0.4, -0.2) is 18.5 Å². The summed E-state index contributed by atoms with van der Waals surface area (Å²) in [5.74, 6) is 0.0676. The van der Waals surface area contributed by atoms with E-state index in [1.54, 1.807) is 6.08 Å². The molecule has 1 N–H and O–H groups in total. The van der Waals surface area contributed by atoms with Crippen LogP contribution in [0.3, 0.4) is 0 Å². The first-order valence-corrected chi connectivity index (χ1v) is 6.35. The highest BCUT2D eigenvalue weighted by Crippen LogP contribution is 2.23. The molecule has 0 bridgehead atoms. The Morgan fingerprint density at radius 3 is 2.83 bits per heavy atom. The number of para-hydroxylation sites is 1. The van der Waals surface area contributed by atoms with Crippen molar-refractivity contribution in [2.45, 2.75) is 33.4 Å². The second kappa shape index (κ2) is 5.36. The molecule has 3 nitrogen and oxygen atoms in total. The van der Waals surface area contributed by atoms with Crippen molar-refractivity contribution in [1.82, 2.24) is 5.32 Å². The summed E-state index contributed by atoms with van der Waals surface area (Å²) in [5, 5.41) is 3.42. The highest BCUT2D eigenvalue weighted by atomic mass is 16.2. The van der Waals surface area contributed by atoms with Crippen molar-refractivity contribution >= 4 is 11.6 Å². The SMILES string of the molecule is CC(C)=CC(=O)N1CC(C)NCc2ccccc21. The summed E-state index contributed by atoms with van der Waals surface area (Å²) >= 11 is 0. The molecule has 1 aliphatic rings. The lowest BCUT2D eigenvalue weighted by Gasteiger charge is -2.23. The largest absolute Gasteiger partial charge is 0.308 e. The number of hydrogen-bond acceptors (Lipinski definition) is 2. The Bertz CT molecular complexity index is 475. The number of nitrogens with zero attached hydrogens (tertiary/aromatic N) is 1. The third-order valence-electron chi connectivity index (χ3n) is 3.06. The van der Waals surface area contributed by atoms with Crippen LogP contribution >= 0.6 is 0 Å². The Kier molecular flexibility index (Phi) is 3.82. The highest BCUT2D eigenvalue weighted by Gasteiger charge is 2.22. The minimum atomic E-state index is 0.0676. The summed E-state index contributed by atoms with van der Waals surface area (Å²) in [6.07, 6.45) is 1.70. The molecule has 1 unspecified atom stereocenters. The second-order valence-electron chi connectivity index (χ2n) is 5.08. The molecule has 0 fully saturated rings. The Morgan fingerprint density at radius 2 is 2.11 bits per heavy atom. The fourth-order valence-electron chi connectivity index (χ4n) is 2.18. The molecule has 2 rings (SSSR count). The van der Waals surface area contributed by atoms with Crippen LogP contribution in [0.25, 0.3) is 0 Å². The topological polar surface area (TPSA) is 32.3 Å². The summed E-state index contributed by atoms with van der Waals surface area (Å²) in [7, 11) is 0. The van der Waals surface area contributed by atoms with E-state index < -0.39 is 0 Å². The third-order valence-corrected chi connectivity index (χ3v) is 3.06. The fourth-order valence-corrected chi connectivity index (χ4v) is 2.18. The standard InChI is InChI=1S/C15H20N2O/c1-11(2)8-15(18)17-10-12(3)16-9-13-6-4-5-7-14(13)17/h4-8,12,16H,9-10H2,1-3H3. The number of benzene rings is 1. The summed E-state index contributed by atoms with van der Waals surface area (Å²) in [4.78, 5) is 14.2. The lowest BCUT2D eigenvalue weighted by Crippen LogP contribution is -2.39. The van der Waals surface area contributed by atoms with Crippen LogP contribution < -0.4 is 10.2 Å². The molecule has 0 saturated carbocycles. The number of anilines is 1. The van der Waals surface area contributed by atoms with E-state index in [9.17, 15) is 4.79 Å². The number of rotatable bonds is 1. The lowest BCUT2D eigenvalue weighted by atomic mass is 10.1. The Morgan fingerprint density at radius 1 is 1.39 bits per heavy atom. The molecule has 0 saturated heterocycles. The number of carbonyl (C=O) groups is 1. The van der Waals surface area contributed by atoms with E-state index >= 15 is 0 Å². The summed E-state index contributed by atoms with van der Waals surface area (Å²) in [6.45, 7) is 7.52. The third kappa shape index (κ3) is 2.79. The van der Waals surface area contributed by atoms with Gasteiger partial charge in [-0.05, 0) is 32.4 Å². The van der Waals surface area contributed by atoms with E-state index in [0.29, 0.717) is 12.6 Å². The van der Waals surface area contributed by atoms with Gasteiger partial charge in [0, 0.05) is 30.9 Å². The Balaban J connectivity index is 2.38. The lowest BCUT2D eigenvalue weighted by molar-refractivity contribution is -0.114. The van der Waals surface area contributed by atoms with Crippen molar-refractivity contribution in [3.8, 4) is 0 Å². The minimum absolute atomic E-state index is 0.0676. The molecule has 1 aromatic carbocycles. The predicted octanol–water partition coefficient (Wildman–Crippen LogP) is 2.48. The van der Waals surface area contributed by atoms with Gasteiger partial charge in [-0.2, -0.15) is 0 Å². The van der Waals surface area contributed by atoms with Gasteiger partial charge in [0.25, 0.3) is 5.91 Å². The van der Waals surface area contributed by atoms with Gasteiger partial charge in [-0.3, -0.25) is 4.79 Å². The quantitative estimate of drug-likeness (QED) is 0.770. The maximum atomic E-state index is 12.3. The van der Waals surface area contributed by atoms with Crippen LogP contribution in [0.5, 0.6) is 0 Å². The van der Waals surface area contributed by atoms with Crippen LogP contribution in [0.1, 0.15) is 26.3 Å². The zero-order chi connectivity index (χ0) is 13.1. The van der Waals surface area contributed by atoms with Crippen LogP contribution in [0.4, 0.5) is 5.69 Å². The van der Waals surface area contributed by atoms with Gasteiger partial charge in [0.15, 0.2) is 0 Å². The summed E-state index contributed by atoms with van der Waals surface area (Å²) < 4.78 is 0. The van der Waals surface area contributed by atoms with Crippen molar-refractivity contribution in [2.75, 3.05) is 11.4 Å². The first-order chi connectivity index (χ1) is 8.58. The molecule has 0 aliphatic carbocycles. The highest BCUT2D eigenvalue weighted by molar-refractivity contribution is 6.02. The van der Waals surface area contributed by atoms with Gasteiger partial charge < -0.3 is 10.2 Å². The fraction of sp³-hybridized carbons (Fsp3) is 0.400. The summed E-state index contributed by atoms with van der Waals surface area (Å²) in [5.41, 5.74) is 3.23. The van der Waals surface area contributed by atoms with Crippen molar-refractivity contribution in [3.05, 3.63) is 41.5 Å². The van der Waals surface area contributed by atoms with Crippen LogP contribution in [-0.2, 0) is 11.3 Å². The minimum Gasteiger partial charge on any atom is -0.308 e. The first-order valence-electron chi connectivity index (χ1n) is 6.35. The van der Waals surface area contributed by atoms with Crippen molar-refractivity contribution in [3.63, 3.8) is 0 Å². The second-order valence-corrected chi connectivity index (χ2v) is 5.08. The molecule has 3 heteroatoms. The molecule has 0 spiro atoms. The normalized spacial score (nSPS) is 18.8. The molecule has 1 amide bonds. The zero-order valence-corrected chi connectivity index (χ0v) is 11.2. The van der Waals surface area contributed by atoms with Gasteiger partial charge in [-0.1, -0.05) is 23.8 Å². The number of fused-ring (bicyclic) bond motifs is 1. The number of hydrogen-bond donors (Lipinski definition) is 1. The van der Waals surface area contributed by atoms with E-state index in [-0.39, 0.29) is 5.91 Å². The molecular formula is C15H20N2O. The molecule has 0 radical (unpaired) electrons. The van der Waals surface area contributed by atoms with Crippen LogP contribution in [0.15, 0.2) is 35.9 Å². The van der Waals surface area contributed by atoms with E-state index in [1.165, 1.54) is 5.56 Å². The number of allylic oxidation sites excluding steroid dienone is 1. The van der Waals surface area contributed by atoms with Crippen molar-refractivity contribution < 1.29 is 4.79 Å². The molecule has 1 atom stereocenters. The van der Waals surface area contributed by atoms with E-state index in [1.807, 2.05) is 36.9 Å². The van der Waals surface area contributed by atoms with Gasteiger partial charge in [-0.15, -0.1) is 0 Å². The molecule has 1 heterocycles. The zero-order valence-electron chi connectivity index (χ0n) is 11.2. The smallest absolute Gasteiger partial charge is 0.250 e. The number of carbonyl (C=O) groups excluding carboxylic acids is 1. The molecule has 96 valence electrons. The maximum absolute atomic E-state index is 12.3. The van der Waals surface area contributed by atoms with E-state index in [4.69, 9.17) is 0 Å². The van der Waals surface area contributed by atoms with Gasteiger partial charge in [0.1, 0.15) is 0 Å². The molecule has 18 heavy (non-hydrogen) atoms. The number of amides is 1. The summed E-state index contributed by atoms with van der Waals surface area (Å²) in [6, 6.07) is 8.39. The monoisotopic (exact) mass is 244 g/mol.